The van der Waals surface area contributed by atoms with Crippen LogP contribution in [0.3, 0.4) is 0 Å². The summed E-state index contributed by atoms with van der Waals surface area (Å²) in [5, 5.41) is 20.1. The Bertz CT molecular complexity index is 1750. The molecule has 6 rings (SSSR count). The molecule has 47 heavy (non-hydrogen) atoms. The number of aliphatic hydroxyl groups excluding tert-OH is 1. The van der Waals surface area contributed by atoms with Crippen molar-refractivity contribution >= 4 is 29.1 Å². The molecule has 2 fully saturated rings. The molecular weight excluding hydrogens is 641 g/mol. The fraction of sp³-hybridized carbons (Fsp3) is 0.382. The molecule has 1 aliphatic heterocycles. The first kappa shape index (κ1) is 33.0. The molecule has 246 valence electrons. The minimum absolute atomic E-state index is 0.0831. The highest BCUT2D eigenvalue weighted by Gasteiger charge is 2.27. The summed E-state index contributed by atoms with van der Waals surface area (Å²) >= 11 is 14.1. The van der Waals surface area contributed by atoms with Crippen LogP contribution >= 0.6 is 23.2 Å². The van der Waals surface area contributed by atoms with Crippen molar-refractivity contribution in [1.82, 2.24) is 35.9 Å². The largest absolute Gasteiger partial charge is 0.480 e. The molecule has 2 aromatic heterocycles. The van der Waals surface area contributed by atoms with E-state index in [1.165, 1.54) is 0 Å². The van der Waals surface area contributed by atoms with Crippen LogP contribution in [0.15, 0.2) is 48.8 Å². The Morgan fingerprint density at radius 3 is 1.81 bits per heavy atom. The quantitative estimate of drug-likeness (QED) is 0.156. The summed E-state index contributed by atoms with van der Waals surface area (Å²) in [6, 6.07) is 11.5. The third-order valence-corrected chi connectivity index (χ3v) is 9.37. The zero-order valence-corrected chi connectivity index (χ0v) is 27.7. The molecule has 13 heteroatoms. The van der Waals surface area contributed by atoms with Crippen LogP contribution in [0.1, 0.15) is 37.1 Å². The molecule has 4 N–H and O–H groups in total. The molecule has 11 nitrogen and oxygen atoms in total. The van der Waals surface area contributed by atoms with Crippen LogP contribution in [0.2, 0.25) is 10.0 Å². The number of aliphatic hydroxyl groups is 1. The normalized spacial score (nSPS) is 18.9. The Kier molecular flexibility index (Phi) is 10.5. The van der Waals surface area contributed by atoms with Crippen molar-refractivity contribution in [2.24, 2.45) is 5.92 Å². The van der Waals surface area contributed by atoms with Gasteiger partial charge in [-0.2, -0.15) is 0 Å². The first-order chi connectivity index (χ1) is 22.8. The van der Waals surface area contributed by atoms with E-state index in [0.717, 1.165) is 36.9 Å². The van der Waals surface area contributed by atoms with Gasteiger partial charge in [0.25, 0.3) is 0 Å². The Morgan fingerprint density at radius 2 is 1.34 bits per heavy atom. The van der Waals surface area contributed by atoms with Gasteiger partial charge in [0.15, 0.2) is 0 Å². The van der Waals surface area contributed by atoms with E-state index in [-0.39, 0.29) is 18.1 Å². The van der Waals surface area contributed by atoms with Crippen molar-refractivity contribution in [3.63, 3.8) is 0 Å². The second kappa shape index (κ2) is 14.9. The Morgan fingerprint density at radius 1 is 0.830 bits per heavy atom. The van der Waals surface area contributed by atoms with Crippen LogP contribution in [-0.2, 0) is 17.9 Å². The number of carbonyl (C=O) groups excluding carboxylic acids is 1. The first-order valence-electron chi connectivity index (χ1n) is 15.6. The molecule has 0 unspecified atom stereocenters. The maximum Gasteiger partial charge on any atom is 0.237 e. The molecule has 2 aliphatic rings. The topological polar surface area (TPSA) is 143 Å². The van der Waals surface area contributed by atoms with Gasteiger partial charge in [0.2, 0.25) is 17.7 Å². The van der Waals surface area contributed by atoms with E-state index in [4.69, 9.17) is 42.6 Å². The van der Waals surface area contributed by atoms with Gasteiger partial charge in [-0.15, -0.1) is 0 Å². The number of halogens is 2. The third kappa shape index (κ3) is 7.50. The molecule has 3 heterocycles. The zero-order valence-electron chi connectivity index (χ0n) is 26.2. The van der Waals surface area contributed by atoms with E-state index in [1.54, 1.807) is 26.6 Å². The summed E-state index contributed by atoms with van der Waals surface area (Å²) < 4.78 is 11.1. The molecule has 1 saturated heterocycles. The SMILES string of the molecule is COc1nc(-c2cccc(-c3cccc(-c4cnc(CNC[C@H]5C[C@H](O)C5)c(OC)n4)c3Cl)c2Cl)cnc1CNC[C@@H]1CCC(=O)N1. The summed E-state index contributed by atoms with van der Waals surface area (Å²) in [4.78, 5) is 30.2. The lowest BCUT2D eigenvalue weighted by molar-refractivity contribution is -0.119. The molecule has 1 amide bonds. The minimum atomic E-state index is -0.176. The number of ether oxygens (including phenoxy) is 2. The van der Waals surface area contributed by atoms with Gasteiger partial charge in [-0.05, 0) is 31.7 Å². The first-order valence-corrected chi connectivity index (χ1v) is 16.4. The summed E-state index contributed by atoms with van der Waals surface area (Å²) in [6.45, 7) is 2.39. The van der Waals surface area contributed by atoms with Crippen molar-refractivity contribution in [3.8, 4) is 45.4 Å². The molecule has 2 aromatic carbocycles. The highest BCUT2D eigenvalue weighted by molar-refractivity contribution is 6.39. The van der Waals surface area contributed by atoms with Gasteiger partial charge in [0, 0.05) is 54.4 Å². The lowest BCUT2D eigenvalue weighted by atomic mass is 9.82. The molecule has 0 spiro atoms. The van der Waals surface area contributed by atoms with E-state index < -0.39 is 0 Å². The van der Waals surface area contributed by atoms with Gasteiger partial charge in [-0.25, -0.2) is 9.97 Å². The molecule has 1 saturated carbocycles. The van der Waals surface area contributed by atoms with Gasteiger partial charge in [0.1, 0.15) is 11.4 Å². The van der Waals surface area contributed by atoms with Crippen LogP contribution in [0, 0.1) is 5.92 Å². The molecule has 1 atom stereocenters. The van der Waals surface area contributed by atoms with Crippen molar-refractivity contribution in [3.05, 3.63) is 70.2 Å². The molecule has 0 radical (unpaired) electrons. The summed E-state index contributed by atoms with van der Waals surface area (Å²) in [5.41, 5.74) is 5.30. The predicted molar refractivity (Wildman–Crippen MR) is 180 cm³/mol. The number of benzene rings is 2. The second-order valence-electron chi connectivity index (χ2n) is 11.8. The van der Waals surface area contributed by atoms with Gasteiger partial charge in [-0.3, -0.25) is 14.8 Å². The highest BCUT2D eigenvalue weighted by Crippen LogP contribution is 2.42. The number of nitrogens with zero attached hydrogens (tertiary/aromatic N) is 4. The van der Waals surface area contributed by atoms with Gasteiger partial charge in [0.05, 0.1) is 54.2 Å². The second-order valence-corrected chi connectivity index (χ2v) is 12.6. The average Bonchev–Trinajstić information content (AvgIpc) is 3.49. The number of hydrogen-bond donors (Lipinski definition) is 4. The van der Waals surface area contributed by atoms with Crippen LogP contribution in [-0.4, -0.2) is 70.4 Å². The van der Waals surface area contributed by atoms with Crippen LogP contribution in [0.4, 0.5) is 0 Å². The van der Waals surface area contributed by atoms with Crippen molar-refractivity contribution < 1.29 is 19.4 Å². The molecule has 1 aliphatic carbocycles. The fourth-order valence-corrected chi connectivity index (χ4v) is 6.61. The van der Waals surface area contributed by atoms with Crippen molar-refractivity contribution in [2.45, 2.75) is 50.9 Å². The van der Waals surface area contributed by atoms with E-state index in [9.17, 15) is 9.90 Å². The molecule has 4 aromatic rings. The monoisotopic (exact) mass is 677 g/mol. The zero-order chi connectivity index (χ0) is 32.9. The van der Waals surface area contributed by atoms with E-state index >= 15 is 0 Å². The summed E-state index contributed by atoms with van der Waals surface area (Å²) in [7, 11) is 3.13. The van der Waals surface area contributed by atoms with E-state index in [2.05, 4.69) is 25.9 Å². The molecule has 0 bridgehead atoms. The summed E-state index contributed by atoms with van der Waals surface area (Å²) in [5.74, 6) is 1.37. The highest BCUT2D eigenvalue weighted by atomic mass is 35.5. The van der Waals surface area contributed by atoms with Crippen LogP contribution < -0.4 is 25.4 Å². The standard InChI is InChI=1S/C34H37Cl2N7O4/c1-46-33-28(15-37-13-19-11-21(44)12-19)39-17-26(42-33)24-7-3-5-22(31(24)35)23-6-4-8-25(32(23)36)27-18-40-29(34(43-27)47-2)16-38-14-20-9-10-30(45)41-20/h3-8,17-21,37-38,44H,9-16H2,1-2H3,(H,41,45)/t19-,20-,21-/m0/s1. The van der Waals surface area contributed by atoms with Crippen molar-refractivity contribution in [2.75, 3.05) is 27.3 Å². The number of carbonyl (C=O) groups is 1. The Hall–Kier alpha value is -3.87. The van der Waals surface area contributed by atoms with Gasteiger partial charge >= 0.3 is 0 Å². The smallest absolute Gasteiger partial charge is 0.237 e. The Balaban J connectivity index is 1.21. The number of hydrogen-bond acceptors (Lipinski definition) is 10. The lowest BCUT2D eigenvalue weighted by Crippen LogP contribution is -2.36. The fourth-order valence-electron chi connectivity index (χ4n) is 5.96. The van der Waals surface area contributed by atoms with E-state index in [1.807, 2.05) is 36.4 Å². The average molecular weight is 679 g/mol. The lowest BCUT2D eigenvalue weighted by Gasteiger charge is -2.31. The van der Waals surface area contributed by atoms with Gasteiger partial charge < -0.3 is 30.5 Å². The number of amides is 1. The summed E-state index contributed by atoms with van der Waals surface area (Å²) in [6.07, 6.45) is 6.21. The van der Waals surface area contributed by atoms with Gasteiger partial charge in [-0.1, -0.05) is 59.6 Å². The molecular formula is C34H37Cl2N7O4. The maximum absolute atomic E-state index is 11.5. The third-order valence-electron chi connectivity index (χ3n) is 8.55. The maximum atomic E-state index is 11.5. The number of nitrogens with one attached hydrogen (secondary N) is 3. The van der Waals surface area contributed by atoms with Crippen molar-refractivity contribution in [1.29, 1.82) is 0 Å². The number of methoxy groups -OCH3 is 2. The number of aromatic nitrogens is 4. The minimum Gasteiger partial charge on any atom is -0.480 e. The van der Waals surface area contributed by atoms with Crippen LogP contribution in [0.25, 0.3) is 33.6 Å². The number of rotatable bonds is 13. The Labute approximate surface area is 283 Å². The predicted octanol–water partition coefficient (Wildman–Crippen LogP) is 4.82. The van der Waals surface area contributed by atoms with E-state index in [0.29, 0.717) is 87.7 Å². The van der Waals surface area contributed by atoms with Crippen LogP contribution in [0.5, 0.6) is 11.8 Å².